The number of ether oxygens (including phenoxy) is 1. The van der Waals surface area contributed by atoms with Crippen LogP contribution in [0.15, 0.2) is 71.8 Å². The van der Waals surface area contributed by atoms with Crippen molar-refractivity contribution < 1.29 is 22.9 Å². The molecule has 10 nitrogen and oxygen atoms in total. The van der Waals surface area contributed by atoms with Gasteiger partial charge in [-0.2, -0.15) is 5.10 Å². The highest BCUT2D eigenvalue weighted by Crippen LogP contribution is 2.27. The van der Waals surface area contributed by atoms with Crippen molar-refractivity contribution in [2.24, 2.45) is 5.10 Å². The lowest BCUT2D eigenvalue weighted by molar-refractivity contribution is -0.385. The Morgan fingerprint density at radius 1 is 1.17 bits per heavy atom. The quantitative estimate of drug-likeness (QED) is 0.260. The van der Waals surface area contributed by atoms with Crippen molar-refractivity contribution in [3.63, 3.8) is 0 Å². The predicted octanol–water partition coefficient (Wildman–Crippen LogP) is 3.99. The number of nitro benzene ring substituents is 1. The molecule has 3 rings (SSSR count). The molecule has 0 atom stereocenters. The Labute approximate surface area is 207 Å². The summed E-state index contributed by atoms with van der Waals surface area (Å²) in [6.45, 7) is 0.0301. The van der Waals surface area contributed by atoms with Crippen molar-refractivity contribution in [1.82, 2.24) is 5.43 Å². The van der Waals surface area contributed by atoms with Crippen LogP contribution in [0, 0.1) is 10.1 Å². The summed E-state index contributed by atoms with van der Waals surface area (Å²) in [4.78, 5) is 23.0. The van der Waals surface area contributed by atoms with Crippen LogP contribution in [-0.4, -0.2) is 38.8 Å². The van der Waals surface area contributed by atoms with Crippen LogP contribution in [0.2, 0.25) is 5.02 Å². The molecular formula is C23H21ClN4O6S. The van der Waals surface area contributed by atoms with Crippen LogP contribution < -0.4 is 14.5 Å². The second-order valence-corrected chi connectivity index (χ2v) is 9.61. The molecule has 0 aliphatic heterocycles. The first-order valence-electron chi connectivity index (χ1n) is 10.1. The van der Waals surface area contributed by atoms with Gasteiger partial charge in [-0.15, -0.1) is 0 Å². The van der Waals surface area contributed by atoms with Gasteiger partial charge in [-0.1, -0.05) is 29.8 Å². The summed E-state index contributed by atoms with van der Waals surface area (Å²) in [6.07, 6.45) is 2.34. The van der Waals surface area contributed by atoms with Crippen LogP contribution in [0.1, 0.15) is 21.5 Å². The van der Waals surface area contributed by atoms with E-state index < -0.39 is 20.9 Å². The maximum absolute atomic E-state index is 12.4. The van der Waals surface area contributed by atoms with Crippen molar-refractivity contribution in [3.05, 3.63) is 98.6 Å². The molecule has 0 aliphatic rings. The zero-order valence-corrected chi connectivity index (χ0v) is 20.3. The fraction of sp³-hybridized carbons (Fsp3) is 0.130. The van der Waals surface area contributed by atoms with Gasteiger partial charge in [0.25, 0.3) is 5.91 Å². The molecule has 1 amide bonds. The lowest BCUT2D eigenvalue weighted by Gasteiger charge is -2.23. The van der Waals surface area contributed by atoms with E-state index in [2.05, 4.69) is 10.5 Å². The van der Waals surface area contributed by atoms with E-state index >= 15 is 0 Å². The number of hydrazone groups is 1. The minimum absolute atomic E-state index is 0.0301. The summed E-state index contributed by atoms with van der Waals surface area (Å²) in [5, 5.41) is 15.4. The number of halogens is 1. The Balaban J connectivity index is 1.73. The summed E-state index contributed by atoms with van der Waals surface area (Å²) < 4.78 is 30.9. The largest absolute Gasteiger partial charge is 0.490 e. The molecule has 0 aliphatic carbocycles. The van der Waals surface area contributed by atoms with Gasteiger partial charge in [-0.25, -0.2) is 13.8 Å². The minimum atomic E-state index is -3.63. The number of carbonyl (C=O) groups excluding carboxylic acids is 1. The molecule has 0 unspecified atom stereocenters. The average Bonchev–Trinajstić information content (AvgIpc) is 2.82. The van der Waals surface area contributed by atoms with E-state index in [4.69, 9.17) is 16.3 Å². The van der Waals surface area contributed by atoms with Gasteiger partial charge < -0.3 is 4.74 Å². The van der Waals surface area contributed by atoms with Gasteiger partial charge in [0.05, 0.1) is 36.7 Å². The highest BCUT2D eigenvalue weighted by atomic mass is 35.5. The van der Waals surface area contributed by atoms with Gasteiger partial charge >= 0.3 is 5.69 Å². The summed E-state index contributed by atoms with van der Waals surface area (Å²) in [6, 6.07) is 17.1. The van der Waals surface area contributed by atoms with Crippen molar-refractivity contribution in [2.75, 3.05) is 17.7 Å². The van der Waals surface area contributed by atoms with Crippen LogP contribution in [0.3, 0.4) is 0 Å². The molecule has 0 fully saturated rings. The van der Waals surface area contributed by atoms with E-state index in [-0.39, 0.29) is 23.5 Å². The Morgan fingerprint density at radius 2 is 1.86 bits per heavy atom. The van der Waals surface area contributed by atoms with Gasteiger partial charge in [0, 0.05) is 22.2 Å². The van der Waals surface area contributed by atoms with E-state index in [0.29, 0.717) is 21.8 Å². The molecule has 12 heteroatoms. The highest BCUT2D eigenvalue weighted by Gasteiger charge is 2.19. The minimum Gasteiger partial charge on any atom is -0.490 e. The monoisotopic (exact) mass is 516 g/mol. The van der Waals surface area contributed by atoms with Crippen LogP contribution in [-0.2, 0) is 16.6 Å². The molecule has 1 N–H and O–H groups in total. The number of carbonyl (C=O) groups is 1. The van der Waals surface area contributed by atoms with Gasteiger partial charge in [-0.05, 0) is 48.0 Å². The van der Waals surface area contributed by atoms with E-state index in [0.717, 1.165) is 6.26 Å². The lowest BCUT2D eigenvalue weighted by atomic mass is 10.2. The van der Waals surface area contributed by atoms with Crippen LogP contribution >= 0.6 is 11.6 Å². The molecule has 0 saturated carbocycles. The standard InChI is InChI=1S/C23H21ClN4O6S/c1-34-22-12-7-16(13-21(22)28(30)31)14-25-26-23(29)17-8-10-19(11-9-17)27(35(2,32)33)15-18-5-3-4-6-20(18)24/h3-14H,15H2,1-2H3,(H,26,29)/b25-14-. The number of hydrogen-bond acceptors (Lipinski definition) is 7. The Bertz CT molecular complexity index is 1380. The average molecular weight is 517 g/mol. The molecule has 182 valence electrons. The van der Waals surface area contributed by atoms with Gasteiger partial charge in [0.1, 0.15) is 0 Å². The van der Waals surface area contributed by atoms with E-state index in [1.165, 1.54) is 54.0 Å². The van der Waals surface area contributed by atoms with E-state index in [9.17, 15) is 23.3 Å². The first-order valence-corrected chi connectivity index (χ1v) is 12.3. The Kier molecular flexibility index (Phi) is 8.05. The first kappa shape index (κ1) is 25.7. The third kappa shape index (κ3) is 6.55. The summed E-state index contributed by atoms with van der Waals surface area (Å²) >= 11 is 6.18. The normalized spacial score (nSPS) is 11.3. The Morgan fingerprint density at radius 3 is 2.46 bits per heavy atom. The number of hydrogen-bond donors (Lipinski definition) is 1. The van der Waals surface area contributed by atoms with Crippen molar-refractivity contribution in [1.29, 1.82) is 0 Å². The molecule has 0 aromatic heterocycles. The highest BCUT2D eigenvalue weighted by molar-refractivity contribution is 7.92. The SMILES string of the molecule is COc1ccc(/C=N\NC(=O)c2ccc(N(Cc3ccccc3Cl)S(C)(=O)=O)cc2)cc1[N+](=O)[O-]. The lowest BCUT2D eigenvalue weighted by Crippen LogP contribution is -2.29. The number of rotatable bonds is 9. The molecule has 3 aromatic carbocycles. The zero-order chi connectivity index (χ0) is 25.6. The summed E-state index contributed by atoms with van der Waals surface area (Å²) in [5.41, 5.74) is 3.71. The van der Waals surface area contributed by atoms with Gasteiger partial charge in [-0.3, -0.25) is 19.2 Å². The van der Waals surface area contributed by atoms with E-state index in [1.54, 1.807) is 30.3 Å². The summed E-state index contributed by atoms with van der Waals surface area (Å²) in [5.74, 6) is -0.443. The topological polar surface area (TPSA) is 131 Å². The van der Waals surface area contributed by atoms with E-state index in [1.807, 2.05) is 0 Å². The summed E-state index contributed by atoms with van der Waals surface area (Å²) in [7, 11) is -2.30. The van der Waals surface area contributed by atoms with Gasteiger partial charge in [0.2, 0.25) is 10.0 Å². The fourth-order valence-electron chi connectivity index (χ4n) is 3.12. The van der Waals surface area contributed by atoms with Crippen molar-refractivity contribution in [2.45, 2.75) is 6.54 Å². The first-order chi connectivity index (χ1) is 16.6. The molecule has 35 heavy (non-hydrogen) atoms. The number of benzene rings is 3. The second-order valence-electron chi connectivity index (χ2n) is 7.30. The number of amides is 1. The molecule has 3 aromatic rings. The third-order valence-electron chi connectivity index (χ3n) is 4.87. The number of nitrogens with one attached hydrogen (secondary N) is 1. The number of sulfonamides is 1. The molecular weight excluding hydrogens is 496 g/mol. The number of nitro groups is 1. The molecule has 0 saturated heterocycles. The molecule has 0 bridgehead atoms. The van der Waals surface area contributed by atoms with Crippen molar-refractivity contribution >= 4 is 45.1 Å². The van der Waals surface area contributed by atoms with Crippen molar-refractivity contribution in [3.8, 4) is 5.75 Å². The molecule has 0 heterocycles. The second kappa shape index (κ2) is 11.0. The number of nitrogens with zero attached hydrogens (tertiary/aromatic N) is 3. The van der Waals surface area contributed by atoms with Gasteiger partial charge in [0.15, 0.2) is 5.75 Å². The van der Waals surface area contributed by atoms with Crippen LogP contribution in [0.4, 0.5) is 11.4 Å². The zero-order valence-electron chi connectivity index (χ0n) is 18.7. The number of anilines is 1. The predicted molar refractivity (Wildman–Crippen MR) is 134 cm³/mol. The third-order valence-corrected chi connectivity index (χ3v) is 6.38. The molecule has 0 radical (unpaired) electrons. The fourth-order valence-corrected chi connectivity index (χ4v) is 4.19. The van der Waals surface area contributed by atoms with Crippen LogP contribution in [0.5, 0.6) is 5.75 Å². The molecule has 0 spiro atoms. The number of methoxy groups -OCH3 is 1. The van der Waals surface area contributed by atoms with Crippen LogP contribution in [0.25, 0.3) is 0 Å². The maximum atomic E-state index is 12.4. The maximum Gasteiger partial charge on any atom is 0.311 e. The Hall–Kier alpha value is -3.96. The smallest absolute Gasteiger partial charge is 0.311 e.